The Labute approximate surface area is 172 Å². The molecule has 0 aromatic carbocycles. The van der Waals surface area contributed by atoms with E-state index in [1.165, 1.54) is 95.1 Å². The van der Waals surface area contributed by atoms with Gasteiger partial charge >= 0.3 is 0 Å². The maximum Gasteiger partial charge on any atom is 0.0211 e. The van der Waals surface area contributed by atoms with E-state index in [-0.39, 0.29) is 0 Å². The van der Waals surface area contributed by atoms with E-state index in [0.717, 1.165) is 25.9 Å². The molecule has 0 saturated carbocycles. The Hall–Kier alpha value is -0.760. The molecule has 0 atom stereocenters. The molecule has 0 heterocycles. The van der Waals surface area contributed by atoms with Crippen molar-refractivity contribution >= 4 is 0 Å². The van der Waals surface area contributed by atoms with E-state index in [4.69, 9.17) is 0 Å². The largest absolute Gasteiger partial charge is 0.375 e. The van der Waals surface area contributed by atoms with Crippen LogP contribution in [0, 0.1) is 0 Å². The van der Waals surface area contributed by atoms with Gasteiger partial charge in [0.15, 0.2) is 0 Å². The van der Waals surface area contributed by atoms with Crippen molar-refractivity contribution in [2.75, 3.05) is 32.7 Å². The van der Waals surface area contributed by atoms with Crippen LogP contribution >= 0.6 is 0 Å². The van der Waals surface area contributed by atoms with Crippen LogP contribution in [0.5, 0.6) is 0 Å². The van der Waals surface area contributed by atoms with Gasteiger partial charge in [0.2, 0.25) is 0 Å². The summed E-state index contributed by atoms with van der Waals surface area (Å²) < 4.78 is 0. The molecule has 0 unspecified atom stereocenters. The second-order valence-corrected chi connectivity index (χ2v) is 8.33. The fourth-order valence-corrected chi connectivity index (χ4v) is 3.48. The Balaban J connectivity index is 4.23. The maximum absolute atomic E-state index is 4.41. The highest BCUT2D eigenvalue weighted by Gasteiger charge is 2.10. The van der Waals surface area contributed by atoms with Gasteiger partial charge in [0.05, 0.1) is 0 Å². The Kier molecular flexibility index (Phi) is 18.1. The number of nitrogens with zero attached hydrogens (tertiary/aromatic N) is 2. The summed E-state index contributed by atoms with van der Waals surface area (Å²) in [5, 5.41) is 0. The van der Waals surface area contributed by atoms with E-state index >= 15 is 0 Å². The third-order valence-electron chi connectivity index (χ3n) is 5.37. The quantitative estimate of drug-likeness (QED) is 0.161. The average Bonchev–Trinajstić information content (AvgIpc) is 2.65. The first-order valence-corrected chi connectivity index (χ1v) is 11.8. The van der Waals surface area contributed by atoms with Gasteiger partial charge in [-0.3, -0.25) is 0 Å². The lowest BCUT2D eigenvalue weighted by atomic mass is 10.1. The molecule has 0 spiro atoms. The smallest absolute Gasteiger partial charge is 0.0211 e. The number of hydrogen-bond acceptors (Lipinski definition) is 2. The number of unbranched alkanes of at least 4 members (excludes halogenated alkanes) is 7. The standard InChI is InChI=1S/C25H50N2/c1-7-10-12-13-14-15-16-21-26(20-11-8-2)22-18-25(6)27(19-9-3)23-17-24(4)5/h4,6-23H2,1-3,5H3. The fraction of sp³-hybridized carbons (Fsp3) is 0.840. The van der Waals surface area contributed by atoms with E-state index in [9.17, 15) is 0 Å². The van der Waals surface area contributed by atoms with E-state index in [0.29, 0.717) is 0 Å². The van der Waals surface area contributed by atoms with Crippen LogP contribution in [0.3, 0.4) is 0 Å². The predicted molar refractivity (Wildman–Crippen MR) is 124 cm³/mol. The lowest BCUT2D eigenvalue weighted by Crippen LogP contribution is -2.31. The molecule has 27 heavy (non-hydrogen) atoms. The van der Waals surface area contributed by atoms with E-state index in [1.54, 1.807) is 0 Å². The number of hydrogen-bond donors (Lipinski definition) is 0. The maximum atomic E-state index is 4.41. The van der Waals surface area contributed by atoms with Crippen LogP contribution in [0.25, 0.3) is 0 Å². The van der Waals surface area contributed by atoms with Gasteiger partial charge in [-0.2, -0.15) is 0 Å². The molecule has 2 nitrogen and oxygen atoms in total. The topological polar surface area (TPSA) is 6.48 Å². The zero-order valence-corrected chi connectivity index (χ0v) is 19.3. The Bertz CT molecular complexity index is 361. The molecule has 0 rings (SSSR count). The highest BCUT2D eigenvalue weighted by atomic mass is 15.2. The van der Waals surface area contributed by atoms with Gasteiger partial charge < -0.3 is 9.80 Å². The van der Waals surface area contributed by atoms with E-state index < -0.39 is 0 Å². The van der Waals surface area contributed by atoms with E-state index in [1.807, 2.05) is 0 Å². The number of rotatable bonds is 20. The summed E-state index contributed by atoms with van der Waals surface area (Å²) >= 11 is 0. The van der Waals surface area contributed by atoms with Gasteiger partial charge in [0, 0.05) is 25.3 Å². The molecule has 0 aliphatic carbocycles. The summed E-state index contributed by atoms with van der Waals surface area (Å²) in [6.07, 6.45) is 15.7. The molecule has 0 aromatic rings. The van der Waals surface area contributed by atoms with Crippen LogP contribution in [0.2, 0.25) is 0 Å². The van der Waals surface area contributed by atoms with Gasteiger partial charge in [-0.1, -0.05) is 77.9 Å². The first kappa shape index (κ1) is 26.2. The first-order valence-electron chi connectivity index (χ1n) is 11.8. The van der Waals surface area contributed by atoms with Crippen molar-refractivity contribution < 1.29 is 0 Å². The average molecular weight is 379 g/mol. The SMILES string of the molecule is C=C(C)CCN(CCC)C(=C)CCN(CCCC)CCCCCCCCC. The molecule has 0 N–H and O–H groups in total. The van der Waals surface area contributed by atoms with Crippen LogP contribution in [0.15, 0.2) is 24.4 Å². The summed E-state index contributed by atoms with van der Waals surface area (Å²) in [4.78, 5) is 5.17. The first-order chi connectivity index (χ1) is 13.0. The Morgan fingerprint density at radius 2 is 1.19 bits per heavy atom. The van der Waals surface area contributed by atoms with Crippen molar-refractivity contribution in [3.8, 4) is 0 Å². The van der Waals surface area contributed by atoms with Crippen molar-refractivity contribution in [3.63, 3.8) is 0 Å². The fourth-order valence-electron chi connectivity index (χ4n) is 3.48. The molecule has 2 heteroatoms. The molecule has 0 radical (unpaired) electrons. The zero-order chi connectivity index (χ0) is 20.3. The minimum Gasteiger partial charge on any atom is -0.375 e. The van der Waals surface area contributed by atoms with Crippen molar-refractivity contribution in [2.24, 2.45) is 0 Å². The van der Waals surface area contributed by atoms with Gasteiger partial charge in [-0.25, -0.2) is 0 Å². The van der Waals surface area contributed by atoms with Gasteiger partial charge in [-0.05, 0) is 52.1 Å². The van der Waals surface area contributed by atoms with Crippen LogP contribution in [0.4, 0.5) is 0 Å². The molecule has 0 fully saturated rings. The minimum absolute atomic E-state index is 1.08. The zero-order valence-electron chi connectivity index (χ0n) is 19.3. The Morgan fingerprint density at radius 3 is 1.78 bits per heavy atom. The molecule has 160 valence electrons. The second kappa shape index (κ2) is 18.6. The normalized spacial score (nSPS) is 11.1. The van der Waals surface area contributed by atoms with Crippen LogP contribution in [-0.4, -0.2) is 42.5 Å². The third-order valence-corrected chi connectivity index (χ3v) is 5.37. The van der Waals surface area contributed by atoms with Crippen molar-refractivity contribution in [1.29, 1.82) is 0 Å². The predicted octanol–water partition coefficient (Wildman–Crippen LogP) is 7.42. The molecule has 0 aromatic heterocycles. The molecule has 0 saturated heterocycles. The lowest BCUT2D eigenvalue weighted by molar-refractivity contribution is 0.250. The molecule has 0 amide bonds. The summed E-state index contributed by atoms with van der Waals surface area (Å²) in [5.74, 6) is 0. The highest BCUT2D eigenvalue weighted by molar-refractivity contribution is 4.97. The molecular weight excluding hydrogens is 328 g/mol. The van der Waals surface area contributed by atoms with Gasteiger partial charge in [0.1, 0.15) is 0 Å². The minimum atomic E-state index is 1.08. The van der Waals surface area contributed by atoms with Crippen molar-refractivity contribution in [1.82, 2.24) is 9.80 Å². The van der Waals surface area contributed by atoms with Gasteiger partial charge in [-0.15, -0.1) is 6.58 Å². The van der Waals surface area contributed by atoms with Crippen molar-refractivity contribution in [2.45, 2.75) is 105 Å². The van der Waals surface area contributed by atoms with E-state index in [2.05, 4.69) is 50.7 Å². The molecular formula is C25H50N2. The molecule has 0 bridgehead atoms. The third kappa shape index (κ3) is 15.9. The van der Waals surface area contributed by atoms with Crippen molar-refractivity contribution in [3.05, 3.63) is 24.4 Å². The van der Waals surface area contributed by atoms with Crippen LogP contribution in [0.1, 0.15) is 105 Å². The summed E-state index contributed by atoms with van der Waals surface area (Å²) in [6.45, 7) is 23.3. The second-order valence-electron chi connectivity index (χ2n) is 8.33. The Morgan fingerprint density at radius 1 is 0.593 bits per heavy atom. The van der Waals surface area contributed by atoms with Crippen LogP contribution < -0.4 is 0 Å². The summed E-state index contributed by atoms with van der Waals surface area (Å²) in [5.41, 5.74) is 2.59. The molecule has 0 aliphatic rings. The summed E-state index contributed by atoms with van der Waals surface area (Å²) in [7, 11) is 0. The summed E-state index contributed by atoms with van der Waals surface area (Å²) in [6, 6.07) is 0. The van der Waals surface area contributed by atoms with Crippen LogP contribution in [-0.2, 0) is 0 Å². The highest BCUT2D eigenvalue weighted by Crippen LogP contribution is 2.13. The molecule has 0 aliphatic heterocycles. The monoisotopic (exact) mass is 378 g/mol. The van der Waals surface area contributed by atoms with Gasteiger partial charge in [0.25, 0.3) is 0 Å². The lowest BCUT2D eigenvalue weighted by Gasteiger charge is -2.29.